The van der Waals surface area contributed by atoms with E-state index in [9.17, 15) is 4.79 Å². The predicted molar refractivity (Wildman–Crippen MR) is 63.1 cm³/mol. The number of hydrogen-bond donors (Lipinski definition) is 0. The van der Waals surface area contributed by atoms with Crippen molar-refractivity contribution in [2.24, 2.45) is 0 Å². The SMILES string of the molecule is COC(=O)CCC/C=C(\[Si]C)B(C)C. The number of carbonyl (C=O) groups excluding carboxylic acids is 1. The van der Waals surface area contributed by atoms with Gasteiger partial charge in [-0.25, -0.2) is 0 Å². The molecule has 0 heterocycles. The Morgan fingerprint density at radius 3 is 2.57 bits per heavy atom. The number of ether oxygens (including phenoxy) is 1. The molecule has 0 unspecified atom stereocenters. The smallest absolute Gasteiger partial charge is 0.305 e. The van der Waals surface area contributed by atoms with Crippen LogP contribution < -0.4 is 0 Å². The molecule has 0 aromatic carbocycles. The monoisotopic (exact) mass is 210 g/mol. The Labute approximate surface area is 90.0 Å². The first-order valence-corrected chi connectivity index (χ1v) is 6.56. The molecule has 0 atom stereocenters. The van der Waals surface area contributed by atoms with Crippen LogP contribution in [0.1, 0.15) is 19.3 Å². The number of carbonyl (C=O) groups is 1. The molecule has 78 valence electrons. The summed E-state index contributed by atoms with van der Waals surface area (Å²) in [5, 5.41) is 1.51. The van der Waals surface area contributed by atoms with Gasteiger partial charge in [0.2, 0.25) is 0 Å². The Morgan fingerprint density at radius 1 is 1.50 bits per heavy atom. The minimum atomic E-state index is -0.108. The summed E-state index contributed by atoms with van der Waals surface area (Å²) < 4.78 is 4.57. The Balaban J connectivity index is 3.74. The van der Waals surface area contributed by atoms with Crippen molar-refractivity contribution >= 4 is 22.2 Å². The highest BCUT2D eigenvalue weighted by Crippen LogP contribution is 2.05. The molecule has 0 N–H and O–H groups in total. The molecule has 0 aliphatic rings. The van der Waals surface area contributed by atoms with Crippen molar-refractivity contribution in [1.29, 1.82) is 0 Å². The van der Waals surface area contributed by atoms with Gasteiger partial charge in [-0.3, -0.25) is 4.79 Å². The maximum atomic E-state index is 10.8. The second kappa shape index (κ2) is 7.86. The topological polar surface area (TPSA) is 26.3 Å². The third-order valence-electron chi connectivity index (χ3n) is 2.09. The van der Waals surface area contributed by atoms with Gasteiger partial charge in [0.05, 0.1) is 16.6 Å². The molecule has 0 aliphatic heterocycles. The molecule has 4 heteroatoms. The molecule has 0 amide bonds. The van der Waals surface area contributed by atoms with E-state index >= 15 is 0 Å². The van der Waals surface area contributed by atoms with Gasteiger partial charge >= 0.3 is 5.97 Å². The van der Waals surface area contributed by atoms with Gasteiger partial charge in [0.1, 0.15) is 0 Å². The summed E-state index contributed by atoms with van der Waals surface area (Å²) in [4.78, 5) is 10.8. The van der Waals surface area contributed by atoms with E-state index < -0.39 is 0 Å². The lowest BCUT2D eigenvalue weighted by molar-refractivity contribution is -0.140. The minimum absolute atomic E-state index is 0.108. The van der Waals surface area contributed by atoms with Crippen molar-refractivity contribution in [3.05, 3.63) is 11.2 Å². The summed E-state index contributed by atoms with van der Waals surface area (Å²) >= 11 is 0. The van der Waals surface area contributed by atoms with Gasteiger partial charge in [-0.1, -0.05) is 26.3 Å². The summed E-state index contributed by atoms with van der Waals surface area (Å²) in [5.41, 5.74) is 0. The van der Waals surface area contributed by atoms with Crippen LogP contribution in [0.25, 0.3) is 0 Å². The number of allylic oxidation sites excluding steroid dienone is 1. The van der Waals surface area contributed by atoms with E-state index in [1.165, 1.54) is 12.2 Å². The Kier molecular flexibility index (Phi) is 7.57. The van der Waals surface area contributed by atoms with Crippen LogP contribution >= 0.6 is 0 Å². The van der Waals surface area contributed by atoms with Gasteiger partial charge in [0.25, 0.3) is 0 Å². The van der Waals surface area contributed by atoms with Gasteiger partial charge in [0.15, 0.2) is 6.71 Å². The quantitative estimate of drug-likeness (QED) is 0.382. The summed E-state index contributed by atoms with van der Waals surface area (Å²) in [6.45, 7) is 7.26. The van der Waals surface area contributed by atoms with Crippen LogP contribution in [0, 0.1) is 0 Å². The van der Waals surface area contributed by atoms with E-state index in [0.717, 1.165) is 22.4 Å². The van der Waals surface area contributed by atoms with Crippen LogP contribution in [-0.4, -0.2) is 29.3 Å². The lowest BCUT2D eigenvalue weighted by atomic mass is 9.54. The van der Waals surface area contributed by atoms with Crippen molar-refractivity contribution in [2.45, 2.75) is 39.5 Å². The van der Waals surface area contributed by atoms with E-state index in [1.54, 1.807) is 0 Å². The van der Waals surface area contributed by atoms with E-state index in [0.29, 0.717) is 13.1 Å². The molecule has 0 saturated carbocycles. The maximum absolute atomic E-state index is 10.8. The third kappa shape index (κ3) is 6.02. The largest absolute Gasteiger partial charge is 0.469 e. The highest BCUT2D eigenvalue weighted by atomic mass is 28.2. The number of methoxy groups -OCH3 is 1. The predicted octanol–water partition coefficient (Wildman–Crippen LogP) is 2.26. The van der Waals surface area contributed by atoms with Crippen molar-refractivity contribution < 1.29 is 9.53 Å². The molecule has 2 nitrogen and oxygen atoms in total. The lowest BCUT2D eigenvalue weighted by Crippen LogP contribution is -2.10. The fourth-order valence-corrected chi connectivity index (χ4v) is 2.16. The highest BCUT2D eigenvalue weighted by molar-refractivity contribution is 6.79. The van der Waals surface area contributed by atoms with Crippen LogP contribution in [0.3, 0.4) is 0 Å². The Bertz CT molecular complexity index is 202. The molecule has 0 fully saturated rings. The van der Waals surface area contributed by atoms with Crippen molar-refractivity contribution in [3.63, 3.8) is 0 Å². The first kappa shape index (κ1) is 13.5. The van der Waals surface area contributed by atoms with Gasteiger partial charge < -0.3 is 4.74 Å². The first-order chi connectivity index (χ1) is 6.61. The molecular formula is C10H19BO2Si. The number of esters is 1. The molecule has 0 saturated heterocycles. The van der Waals surface area contributed by atoms with E-state index in [1.807, 2.05) is 0 Å². The first-order valence-electron chi connectivity index (χ1n) is 5.06. The lowest BCUT2D eigenvalue weighted by Gasteiger charge is -2.04. The number of hydrogen-bond acceptors (Lipinski definition) is 2. The summed E-state index contributed by atoms with van der Waals surface area (Å²) in [6.07, 6.45) is 4.69. The summed E-state index contributed by atoms with van der Waals surface area (Å²) in [5.74, 6) is -0.108. The van der Waals surface area contributed by atoms with Crippen LogP contribution in [0.5, 0.6) is 0 Å². The highest BCUT2D eigenvalue weighted by Gasteiger charge is 2.04. The molecule has 0 aliphatic carbocycles. The number of rotatable bonds is 6. The van der Waals surface area contributed by atoms with Crippen LogP contribution in [0.15, 0.2) is 11.2 Å². The fraction of sp³-hybridized carbons (Fsp3) is 0.700. The van der Waals surface area contributed by atoms with Gasteiger partial charge in [-0.15, -0.1) is 5.10 Å². The maximum Gasteiger partial charge on any atom is 0.305 e. The standard InChI is InChI=1S/C10H19BO2Si/c1-11(2)9(14-4)7-5-6-8-10(12)13-3/h7H,5-6,8H2,1-4H3/b9-7-. The molecule has 0 aromatic heterocycles. The number of unbranched alkanes of at least 4 members (excludes halogenated alkanes) is 1. The molecule has 0 aromatic rings. The summed E-state index contributed by atoms with van der Waals surface area (Å²) in [6, 6.07) is 0. The molecule has 0 rings (SSSR count). The molecule has 0 bridgehead atoms. The van der Waals surface area contributed by atoms with Gasteiger partial charge in [-0.2, -0.15) is 0 Å². The second-order valence-corrected chi connectivity index (χ2v) is 4.61. The Morgan fingerprint density at radius 2 is 2.14 bits per heavy atom. The van der Waals surface area contributed by atoms with Crippen LogP contribution in [0.4, 0.5) is 0 Å². The van der Waals surface area contributed by atoms with Crippen molar-refractivity contribution in [2.75, 3.05) is 7.11 Å². The van der Waals surface area contributed by atoms with E-state index in [4.69, 9.17) is 0 Å². The van der Waals surface area contributed by atoms with Crippen LogP contribution in [0.2, 0.25) is 20.2 Å². The zero-order valence-electron chi connectivity index (χ0n) is 9.59. The molecule has 2 radical (unpaired) electrons. The Hall–Kier alpha value is -0.508. The molecule has 14 heavy (non-hydrogen) atoms. The zero-order chi connectivity index (χ0) is 11.0. The van der Waals surface area contributed by atoms with Gasteiger partial charge in [0, 0.05) is 6.42 Å². The molecular weight excluding hydrogens is 191 g/mol. The average Bonchev–Trinajstić information content (AvgIpc) is 2.16. The van der Waals surface area contributed by atoms with Crippen molar-refractivity contribution in [3.8, 4) is 0 Å². The minimum Gasteiger partial charge on any atom is -0.469 e. The van der Waals surface area contributed by atoms with E-state index in [2.05, 4.69) is 31.0 Å². The van der Waals surface area contributed by atoms with Crippen molar-refractivity contribution in [1.82, 2.24) is 0 Å². The van der Waals surface area contributed by atoms with E-state index in [-0.39, 0.29) is 5.97 Å². The second-order valence-electron chi connectivity index (χ2n) is 3.53. The summed E-state index contributed by atoms with van der Waals surface area (Å²) in [7, 11) is 2.32. The average molecular weight is 210 g/mol. The fourth-order valence-electron chi connectivity index (χ4n) is 1.23. The third-order valence-corrected chi connectivity index (χ3v) is 3.45. The normalized spacial score (nSPS) is 11.3. The van der Waals surface area contributed by atoms with Crippen LogP contribution in [-0.2, 0) is 9.53 Å². The zero-order valence-corrected chi connectivity index (χ0v) is 10.6. The van der Waals surface area contributed by atoms with Gasteiger partial charge in [-0.05, 0) is 12.8 Å². The molecule has 0 spiro atoms.